The molecule has 3 rings (SSSR count). The molecule has 0 saturated heterocycles. The van der Waals surface area contributed by atoms with Crippen molar-refractivity contribution >= 4 is 22.6 Å². The van der Waals surface area contributed by atoms with Gasteiger partial charge in [-0.15, -0.1) is 24.2 Å². The SMILES string of the molecule is C#C.C1CCCCC1.C=C(C)c1sc(C#CC(C)(C)C)cc1NC.CC.OC1CCCCC1. The van der Waals surface area contributed by atoms with Crippen molar-refractivity contribution in [3.05, 3.63) is 22.4 Å². The first-order valence-electron chi connectivity index (χ1n) is 12.7. The van der Waals surface area contributed by atoms with E-state index in [9.17, 15) is 0 Å². The number of hydrogen-bond acceptors (Lipinski definition) is 3. The van der Waals surface area contributed by atoms with Crippen LogP contribution in [0.5, 0.6) is 0 Å². The molecule has 0 unspecified atom stereocenters. The summed E-state index contributed by atoms with van der Waals surface area (Å²) in [5.74, 6) is 6.47. The predicted molar refractivity (Wildman–Crippen MR) is 153 cm³/mol. The topological polar surface area (TPSA) is 32.3 Å². The Morgan fingerprint density at radius 3 is 1.70 bits per heavy atom. The summed E-state index contributed by atoms with van der Waals surface area (Å²) >= 11 is 1.70. The number of nitrogens with one attached hydrogen (secondary N) is 1. The van der Waals surface area contributed by atoms with Gasteiger partial charge in [-0.05, 0) is 52.2 Å². The third kappa shape index (κ3) is 18.4. The largest absolute Gasteiger partial charge is 0.393 e. The van der Waals surface area contributed by atoms with Crippen LogP contribution in [0, 0.1) is 30.1 Å². The Balaban J connectivity index is 0. The van der Waals surface area contributed by atoms with Crippen molar-refractivity contribution in [3.63, 3.8) is 0 Å². The number of rotatable bonds is 2. The molecule has 0 spiro atoms. The van der Waals surface area contributed by atoms with E-state index in [-0.39, 0.29) is 11.5 Å². The molecule has 2 nitrogen and oxygen atoms in total. The number of aliphatic hydroxyl groups is 1. The van der Waals surface area contributed by atoms with Crippen molar-refractivity contribution in [2.45, 2.75) is 118 Å². The minimum atomic E-state index is 0.0359. The summed E-state index contributed by atoms with van der Waals surface area (Å²) in [7, 11) is 1.93. The maximum atomic E-state index is 8.91. The summed E-state index contributed by atoms with van der Waals surface area (Å²) in [6, 6.07) is 2.09. The van der Waals surface area contributed by atoms with Crippen LogP contribution < -0.4 is 5.32 Å². The molecule has 0 aliphatic heterocycles. The van der Waals surface area contributed by atoms with Gasteiger partial charge < -0.3 is 10.4 Å². The van der Waals surface area contributed by atoms with Gasteiger partial charge in [-0.2, -0.15) is 0 Å². The highest BCUT2D eigenvalue weighted by Gasteiger charge is 2.09. The van der Waals surface area contributed by atoms with Crippen molar-refractivity contribution < 1.29 is 5.11 Å². The average molecular weight is 474 g/mol. The number of anilines is 1. The monoisotopic (exact) mass is 473 g/mol. The third-order valence-corrected chi connectivity index (χ3v) is 6.24. The fraction of sp³-hybridized carbons (Fsp3) is 0.667. The summed E-state index contributed by atoms with van der Waals surface area (Å²) in [6.07, 6.45) is 22.9. The molecule has 1 heterocycles. The Morgan fingerprint density at radius 1 is 1.00 bits per heavy atom. The number of thiophene rings is 1. The van der Waals surface area contributed by atoms with Crippen LogP contribution in [0.4, 0.5) is 5.69 Å². The van der Waals surface area contributed by atoms with Crippen LogP contribution in [-0.2, 0) is 0 Å². The molecule has 2 aliphatic rings. The van der Waals surface area contributed by atoms with Crippen LogP contribution in [0.3, 0.4) is 0 Å². The molecular weight excluding hydrogens is 422 g/mol. The van der Waals surface area contributed by atoms with Crippen LogP contribution in [0.1, 0.15) is 122 Å². The van der Waals surface area contributed by atoms with Gasteiger partial charge in [-0.25, -0.2) is 0 Å². The van der Waals surface area contributed by atoms with Crippen LogP contribution in [-0.4, -0.2) is 18.3 Å². The second-order valence-corrected chi connectivity index (χ2v) is 10.3. The lowest BCUT2D eigenvalue weighted by molar-refractivity contribution is 0.130. The Bertz CT molecular complexity index is 675. The fourth-order valence-electron chi connectivity index (χ4n) is 3.35. The smallest absolute Gasteiger partial charge is 0.0796 e. The van der Waals surface area contributed by atoms with Gasteiger partial charge in [0.1, 0.15) is 0 Å². The van der Waals surface area contributed by atoms with E-state index in [0.29, 0.717) is 0 Å². The van der Waals surface area contributed by atoms with E-state index in [1.54, 1.807) is 11.3 Å². The second-order valence-electron chi connectivity index (χ2n) is 9.30. The van der Waals surface area contributed by atoms with Crippen molar-refractivity contribution in [3.8, 4) is 24.7 Å². The van der Waals surface area contributed by atoms with Crippen molar-refractivity contribution in [1.29, 1.82) is 0 Å². The molecule has 1 aromatic rings. The van der Waals surface area contributed by atoms with Gasteiger partial charge in [-0.1, -0.05) is 90.1 Å². The van der Waals surface area contributed by atoms with Gasteiger partial charge in [0.05, 0.1) is 21.5 Å². The zero-order valence-corrected chi connectivity index (χ0v) is 23.5. The molecule has 33 heavy (non-hydrogen) atoms. The minimum Gasteiger partial charge on any atom is -0.393 e. The van der Waals surface area contributed by atoms with Crippen LogP contribution >= 0.6 is 11.3 Å². The summed E-state index contributed by atoms with van der Waals surface area (Å²) in [5.41, 5.74) is 2.25. The molecule has 188 valence electrons. The maximum absolute atomic E-state index is 8.91. The number of terminal acetylenes is 1. The predicted octanol–water partition coefficient (Wildman–Crippen LogP) is 9.15. The van der Waals surface area contributed by atoms with Gasteiger partial charge in [0.2, 0.25) is 0 Å². The van der Waals surface area contributed by atoms with E-state index in [4.69, 9.17) is 5.11 Å². The molecule has 0 bridgehead atoms. The van der Waals surface area contributed by atoms with Gasteiger partial charge in [0, 0.05) is 12.5 Å². The number of allylic oxidation sites excluding steroid dienone is 1. The van der Waals surface area contributed by atoms with Gasteiger partial charge in [0.15, 0.2) is 0 Å². The highest BCUT2D eigenvalue weighted by Crippen LogP contribution is 2.31. The Hall–Kier alpha value is -1.68. The molecule has 0 aromatic carbocycles. The van der Waals surface area contributed by atoms with Crippen molar-refractivity contribution in [1.82, 2.24) is 0 Å². The molecule has 0 radical (unpaired) electrons. The first-order valence-corrected chi connectivity index (χ1v) is 13.6. The van der Waals surface area contributed by atoms with E-state index in [0.717, 1.165) is 29.0 Å². The number of aliphatic hydroxyl groups excluding tert-OH is 1. The average Bonchev–Trinajstić information content (AvgIpc) is 3.26. The zero-order valence-electron chi connectivity index (χ0n) is 22.7. The lowest BCUT2D eigenvalue weighted by atomic mass is 9.98. The molecule has 0 atom stereocenters. The standard InChI is InChI=1S/C14H19NS.C6H12O.C6H12.C2H6.C2H2/c1-10(2)13-12(15-6)9-11(16-13)7-8-14(3,4)5;7-6-4-2-1-3-5-6;1-2-4-6-5-3-1;2*1-2/h9,15H,1H2,2-6H3;6-7H,1-5H2;1-6H2;1-2H3;1-2H. The van der Waals surface area contributed by atoms with Gasteiger partial charge in [-0.3, -0.25) is 0 Å². The summed E-state index contributed by atoms with van der Waals surface area (Å²) < 4.78 is 0. The number of hydrogen-bond donors (Lipinski definition) is 2. The van der Waals surface area contributed by atoms with Crippen LogP contribution in [0.2, 0.25) is 0 Å². The zero-order chi connectivity index (χ0) is 25.7. The molecule has 2 saturated carbocycles. The summed E-state index contributed by atoms with van der Waals surface area (Å²) in [5, 5.41) is 12.1. The molecular formula is C30H51NOS. The van der Waals surface area contributed by atoms with E-state index < -0.39 is 0 Å². The van der Waals surface area contributed by atoms with E-state index in [1.165, 1.54) is 62.7 Å². The maximum Gasteiger partial charge on any atom is 0.0796 e. The lowest BCUT2D eigenvalue weighted by Gasteiger charge is -2.14. The quantitative estimate of drug-likeness (QED) is 0.420. The van der Waals surface area contributed by atoms with E-state index in [1.807, 2.05) is 27.8 Å². The lowest BCUT2D eigenvalue weighted by Crippen LogP contribution is -2.09. The fourth-order valence-corrected chi connectivity index (χ4v) is 4.29. The molecule has 0 amide bonds. The molecule has 3 heteroatoms. The summed E-state index contributed by atoms with van der Waals surface area (Å²) in [6.45, 7) is 16.4. The molecule has 2 N–H and O–H groups in total. The minimum absolute atomic E-state index is 0.0359. The Kier molecular flexibility index (Phi) is 21.2. The first-order chi connectivity index (χ1) is 15.7. The van der Waals surface area contributed by atoms with Crippen molar-refractivity contribution in [2.75, 3.05) is 12.4 Å². The highest BCUT2D eigenvalue weighted by atomic mass is 32.1. The van der Waals surface area contributed by atoms with E-state index in [2.05, 4.69) is 63.4 Å². The Labute approximate surface area is 210 Å². The second kappa shape index (κ2) is 20.9. The van der Waals surface area contributed by atoms with Crippen LogP contribution in [0.15, 0.2) is 12.6 Å². The van der Waals surface area contributed by atoms with Crippen molar-refractivity contribution in [2.24, 2.45) is 5.41 Å². The first kappa shape index (κ1) is 33.5. The van der Waals surface area contributed by atoms with Gasteiger partial charge >= 0.3 is 0 Å². The third-order valence-electron chi connectivity index (χ3n) is 5.02. The molecule has 2 aliphatic carbocycles. The highest BCUT2D eigenvalue weighted by molar-refractivity contribution is 7.14. The van der Waals surface area contributed by atoms with Crippen LogP contribution in [0.25, 0.3) is 5.57 Å². The van der Waals surface area contributed by atoms with E-state index >= 15 is 0 Å². The normalized spacial score (nSPS) is 15.1. The van der Waals surface area contributed by atoms with Gasteiger partial charge in [0.25, 0.3) is 0 Å². The molecule has 2 fully saturated rings. The summed E-state index contributed by atoms with van der Waals surface area (Å²) in [4.78, 5) is 2.29. The molecule has 1 aromatic heterocycles. The Morgan fingerprint density at radius 2 is 1.42 bits per heavy atom.